The minimum absolute atomic E-state index is 0.0644. The van der Waals surface area contributed by atoms with Crippen LogP contribution in [0.15, 0.2) is 48.5 Å². The van der Waals surface area contributed by atoms with E-state index >= 15 is 0 Å². The van der Waals surface area contributed by atoms with Crippen molar-refractivity contribution < 1.29 is 9.53 Å². The molecule has 162 valence electrons. The summed E-state index contributed by atoms with van der Waals surface area (Å²) in [5.41, 5.74) is 4.43. The lowest BCUT2D eigenvalue weighted by atomic mass is 10.1. The Labute approximate surface area is 188 Å². The summed E-state index contributed by atoms with van der Waals surface area (Å²) in [6.45, 7) is 7.00. The molecule has 4 rings (SSSR count). The van der Waals surface area contributed by atoms with Crippen LogP contribution in [0, 0.1) is 13.8 Å². The first-order valence-electron chi connectivity index (χ1n) is 10.5. The number of nitrogens with zero attached hydrogens (tertiary/aromatic N) is 4. The van der Waals surface area contributed by atoms with Crippen LogP contribution in [0.3, 0.4) is 0 Å². The summed E-state index contributed by atoms with van der Waals surface area (Å²) in [4.78, 5) is 17.4. The van der Waals surface area contributed by atoms with Gasteiger partial charge in [-0.25, -0.2) is 4.68 Å². The number of aryl methyl sites for hydroxylation is 1. The lowest BCUT2D eigenvalue weighted by Crippen LogP contribution is -2.35. The Bertz CT molecular complexity index is 1060. The number of hydrogen-bond acceptors (Lipinski definition) is 4. The highest BCUT2D eigenvalue weighted by Crippen LogP contribution is 2.24. The van der Waals surface area contributed by atoms with Crippen LogP contribution < -0.4 is 9.64 Å². The zero-order valence-electron chi connectivity index (χ0n) is 18.1. The molecule has 0 unspecified atom stereocenters. The van der Waals surface area contributed by atoms with E-state index in [0.717, 1.165) is 54.6 Å². The summed E-state index contributed by atoms with van der Waals surface area (Å²) in [6, 6.07) is 15.7. The van der Waals surface area contributed by atoms with Gasteiger partial charge in [0.1, 0.15) is 5.75 Å². The fraction of sp³-hybridized carbons (Fsp3) is 0.333. The van der Waals surface area contributed by atoms with Gasteiger partial charge in [-0.15, -0.1) is 0 Å². The Kier molecular flexibility index (Phi) is 6.18. The van der Waals surface area contributed by atoms with E-state index in [1.807, 2.05) is 59.8 Å². The average Bonchev–Trinajstić information content (AvgIpc) is 2.98. The lowest BCUT2D eigenvalue weighted by Gasteiger charge is -2.24. The fourth-order valence-electron chi connectivity index (χ4n) is 3.97. The van der Waals surface area contributed by atoms with Gasteiger partial charge in [0.2, 0.25) is 0 Å². The van der Waals surface area contributed by atoms with E-state index in [-0.39, 0.29) is 5.91 Å². The summed E-state index contributed by atoms with van der Waals surface area (Å²) < 4.78 is 7.06. The maximum atomic E-state index is 13.1. The number of ether oxygens (including phenoxy) is 1. The molecule has 6 nitrogen and oxygen atoms in total. The van der Waals surface area contributed by atoms with Crippen molar-refractivity contribution in [1.29, 1.82) is 0 Å². The number of amides is 1. The Balaban J connectivity index is 1.43. The van der Waals surface area contributed by atoms with Crippen LogP contribution in [0.1, 0.15) is 28.2 Å². The molecular weight excluding hydrogens is 412 g/mol. The smallest absolute Gasteiger partial charge is 0.253 e. The Morgan fingerprint density at radius 2 is 1.61 bits per heavy atom. The molecule has 0 N–H and O–H groups in total. The van der Waals surface area contributed by atoms with Crippen molar-refractivity contribution in [3.05, 3.63) is 70.5 Å². The summed E-state index contributed by atoms with van der Waals surface area (Å²) in [7, 11) is 1.67. The van der Waals surface area contributed by atoms with Gasteiger partial charge < -0.3 is 14.5 Å². The number of rotatable bonds is 4. The largest absolute Gasteiger partial charge is 0.497 e. The maximum Gasteiger partial charge on any atom is 0.253 e. The zero-order valence-corrected chi connectivity index (χ0v) is 18.9. The minimum atomic E-state index is 0.0644. The van der Waals surface area contributed by atoms with Crippen molar-refractivity contribution in [2.75, 3.05) is 38.2 Å². The van der Waals surface area contributed by atoms with E-state index < -0.39 is 0 Å². The third kappa shape index (κ3) is 4.39. The van der Waals surface area contributed by atoms with Crippen LogP contribution in [-0.4, -0.2) is 53.9 Å². The second-order valence-electron chi connectivity index (χ2n) is 7.77. The van der Waals surface area contributed by atoms with Gasteiger partial charge in [-0.3, -0.25) is 4.79 Å². The Morgan fingerprint density at radius 3 is 2.23 bits per heavy atom. The number of anilines is 1. The molecule has 0 radical (unpaired) electrons. The second kappa shape index (κ2) is 9.02. The molecule has 2 heterocycles. The quantitative estimate of drug-likeness (QED) is 0.601. The van der Waals surface area contributed by atoms with Gasteiger partial charge in [0.25, 0.3) is 5.91 Å². The van der Waals surface area contributed by atoms with E-state index in [9.17, 15) is 4.79 Å². The predicted octanol–water partition coefficient (Wildman–Crippen LogP) is 4.50. The summed E-state index contributed by atoms with van der Waals surface area (Å²) >= 11 is 6.26. The maximum absolute atomic E-state index is 13.1. The predicted molar refractivity (Wildman–Crippen MR) is 124 cm³/mol. The molecule has 31 heavy (non-hydrogen) atoms. The Hall–Kier alpha value is -2.99. The van der Waals surface area contributed by atoms with Crippen molar-refractivity contribution in [2.24, 2.45) is 0 Å². The van der Waals surface area contributed by atoms with Gasteiger partial charge in [0, 0.05) is 37.4 Å². The molecule has 0 bridgehead atoms. The molecule has 1 aliphatic heterocycles. The van der Waals surface area contributed by atoms with Gasteiger partial charge in [0.05, 0.1) is 29.2 Å². The third-order valence-corrected chi connectivity index (χ3v) is 6.33. The highest BCUT2D eigenvalue weighted by Gasteiger charge is 2.21. The normalized spacial score (nSPS) is 14.5. The van der Waals surface area contributed by atoms with Crippen molar-refractivity contribution in [2.45, 2.75) is 20.3 Å². The molecule has 1 aliphatic rings. The number of hydrogen-bond donors (Lipinski definition) is 0. The van der Waals surface area contributed by atoms with Gasteiger partial charge >= 0.3 is 0 Å². The standard InChI is InChI=1S/C24H27ClN4O2/c1-17-23(25)18(2)29(26-17)21-7-5-19(6-8-21)24(30)28-14-4-13-27(15-16-28)20-9-11-22(31-3)12-10-20/h5-12H,4,13-16H2,1-3H3. The van der Waals surface area contributed by atoms with Crippen molar-refractivity contribution in [1.82, 2.24) is 14.7 Å². The van der Waals surface area contributed by atoms with E-state index in [2.05, 4.69) is 22.1 Å². The van der Waals surface area contributed by atoms with Crippen molar-refractivity contribution in [3.8, 4) is 11.4 Å². The van der Waals surface area contributed by atoms with Crippen LogP contribution in [0.4, 0.5) is 5.69 Å². The van der Waals surface area contributed by atoms with Crippen LogP contribution in [0.2, 0.25) is 5.02 Å². The first-order valence-corrected chi connectivity index (χ1v) is 10.9. The van der Waals surface area contributed by atoms with Crippen LogP contribution in [0.25, 0.3) is 5.69 Å². The highest BCUT2D eigenvalue weighted by molar-refractivity contribution is 6.31. The number of carbonyl (C=O) groups is 1. The minimum Gasteiger partial charge on any atom is -0.497 e. The third-order valence-electron chi connectivity index (χ3n) is 5.78. The van der Waals surface area contributed by atoms with E-state index in [1.165, 1.54) is 0 Å². The molecule has 1 aromatic heterocycles. The SMILES string of the molecule is COc1ccc(N2CCCN(C(=O)c3ccc(-n4nc(C)c(Cl)c4C)cc3)CC2)cc1. The van der Waals surface area contributed by atoms with Crippen molar-refractivity contribution >= 4 is 23.2 Å². The van der Waals surface area contributed by atoms with Crippen LogP contribution >= 0.6 is 11.6 Å². The molecule has 0 saturated carbocycles. The van der Waals surface area contributed by atoms with Crippen LogP contribution in [0.5, 0.6) is 5.75 Å². The van der Waals surface area contributed by atoms with E-state index in [4.69, 9.17) is 16.3 Å². The molecule has 2 aromatic carbocycles. The summed E-state index contributed by atoms with van der Waals surface area (Å²) in [6.07, 6.45) is 0.931. The van der Waals surface area contributed by atoms with Gasteiger partial charge in [0.15, 0.2) is 0 Å². The first kappa shape index (κ1) is 21.2. The number of halogens is 1. The van der Waals surface area contributed by atoms with E-state index in [0.29, 0.717) is 17.1 Å². The molecular formula is C24H27ClN4O2. The average molecular weight is 439 g/mol. The van der Waals surface area contributed by atoms with Gasteiger partial charge in [-0.05, 0) is 68.8 Å². The summed E-state index contributed by atoms with van der Waals surface area (Å²) in [5.74, 6) is 0.913. The fourth-order valence-corrected chi connectivity index (χ4v) is 4.09. The molecule has 3 aromatic rings. The van der Waals surface area contributed by atoms with Gasteiger partial charge in [-0.2, -0.15) is 5.10 Å². The van der Waals surface area contributed by atoms with Crippen LogP contribution in [-0.2, 0) is 0 Å². The lowest BCUT2D eigenvalue weighted by molar-refractivity contribution is 0.0767. The molecule has 1 saturated heterocycles. The van der Waals surface area contributed by atoms with Gasteiger partial charge in [-0.1, -0.05) is 11.6 Å². The second-order valence-corrected chi connectivity index (χ2v) is 8.15. The molecule has 1 fully saturated rings. The highest BCUT2D eigenvalue weighted by atomic mass is 35.5. The topological polar surface area (TPSA) is 50.6 Å². The van der Waals surface area contributed by atoms with E-state index in [1.54, 1.807) is 7.11 Å². The molecule has 0 atom stereocenters. The molecule has 1 amide bonds. The number of carbonyl (C=O) groups excluding carboxylic acids is 1. The van der Waals surface area contributed by atoms with Crippen molar-refractivity contribution in [3.63, 3.8) is 0 Å². The Morgan fingerprint density at radius 1 is 0.935 bits per heavy atom. The monoisotopic (exact) mass is 438 g/mol. The number of methoxy groups -OCH3 is 1. The zero-order chi connectivity index (χ0) is 22.0. The number of benzene rings is 2. The molecule has 0 aliphatic carbocycles. The molecule has 0 spiro atoms. The molecule has 7 heteroatoms. The summed E-state index contributed by atoms with van der Waals surface area (Å²) in [5, 5.41) is 5.15. The first-order chi connectivity index (χ1) is 15.0. The number of aromatic nitrogens is 2.